The number of pyridine rings is 1. The Kier molecular flexibility index (Phi) is 3.65. The van der Waals surface area contributed by atoms with Gasteiger partial charge in [-0.1, -0.05) is 0 Å². The maximum absolute atomic E-state index is 12.7. The van der Waals surface area contributed by atoms with Crippen LogP contribution in [0.15, 0.2) is 30.5 Å². The predicted octanol–water partition coefficient (Wildman–Crippen LogP) is 4.03. The summed E-state index contributed by atoms with van der Waals surface area (Å²) in [5.41, 5.74) is 1.10. The Morgan fingerprint density at radius 1 is 1.32 bits per heavy atom. The van der Waals surface area contributed by atoms with Crippen molar-refractivity contribution in [2.75, 3.05) is 11.4 Å². The monoisotopic (exact) mass is 305 g/mol. The van der Waals surface area contributed by atoms with Gasteiger partial charge in [0.15, 0.2) is 0 Å². The van der Waals surface area contributed by atoms with Gasteiger partial charge in [0.1, 0.15) is 11.8 Å². The fraction of sp³-hybridized carbons (Fsp3) is 0.375. The number of alkyl halides is 3. The average molecular weight is 305 g/mol. The second-order valence-corrected chi connectivity index (χ2v) is 5.49. The third-order valence-corrected chi connectivity index (χ3v) is 4.03. The van der Waals surface area contributed by atoms with E-state index < -0.39 is 18.6 Å². The van der Waals surface area contributed by atoms with Crippen molar-refractivity contribution < 1.29 is 13.2 Å². The van der Waals surface area contributed by atoms with E-state index in [1.165, 1.54) is 0 Å². The molecule has 1 aliphatic rings. The third-order valence-electron chi connectivity index (χ3n) is 4.03. The Balaban J connectivity index is 1.95. The number of nitrogens with zero attached hydrogens (tertiary/aromatic N) is 3. The maximum Gasteiger partial charge on any atom is 0.391 e. The molecule has 6 heteroatoms. The largest absolute Gasteiger partial charge is 0.391 e. The van der Waals surface area contributed by atoms with Gasteiger partial charge in [-0.2, -0.15) is 18.4 Å². The van der Waals surface area contributed by atoms with Crippen molar-refractivity contribution >= 4 is 16.5 Å². The van der Waals surface area contributed by atoms with Gasteiger partial charge in [0.05, 0.1) is 6.42 Å². The fourth-order valence-electron chi connectivity index (χ4n) is 3.09. The van der Waals surface area contributed by atoms with E-state index in [9.17, 15) is 13.2 Å². The lowest BCUT2D eigenvalue weighted by atomic mass is 10.1. The molecule has 1 atom stereocenters. The molecule has 1 aromatic carbocycles. The molecule has 3 nitrogen and oxygen atoms in total. The summed E-state index contributed by atoms with van der Waals surface area (Å²) in [5, 5.41) is 10.6. The standard InChI is InChI=1S/C16H14F3N3/c17-16(18,19)9-13-2-1-7-22(13)12-3-4-14-11(8-12)5-6-21-15(14)10-20/h3-6,8,13H,1-2,7,9H2/t13-/m0/s1. The second-order valence-electron chi connectivity index (χ2n) is 5.49. The van der Waals surface area contributed by atoms with Crippen molar-refractivity contribution in [2.45, 2.75) is 31.5 Å². The van der Waals surface area contributed by atoms with Gasteiger partial charge in [-0.15, -0.1) is 0 Å². The summed E-state index contributed by atoms with van der Waals surface area (Å²) in [4.78, 5) is 5.81. The SMILES string of the molecule is N#Cc1nccc2cc(N3CCC[C@H]3CC(F)(F)F)ccc12. The number of rotatable bonds is 2. The quantitative estimate of drug-likeness (QED) is 0.841. The molecule has 0 radical (unpaired) electrons. The number of nitriles is 1. The molecule has 2 aromatic rings. The molecule has 114 valence electrons. The Morgan fingerprint density at radius 3 is 2.86 bits per heavy atom. The fourth-order valence-corrected chi connectivity index (χ4v) is 3.09. The lowest BCUT2D eigenvalue weighted by molar-refractivity contribution is -0.137. The van der Waals surface area contributed by atoms with Gasteiger partial charge in [0.2, 0.25) is 0 Å². The minimum Gasteiger partial charge on any atom is -0.368 e. The number of aromatic nitrogens is 1. The zero-order valence-corrected chi connectivity index (χ0v) is 11.8. The van der Waals surface area contributed by atoms with Crippen LogP contribution < -0.4 is 4.90 Å². The van der Waals surface area contributed by atoms with Crippen molar-refractivity contribution in [2.24, 2.45) is 0 Å². The smallest absolute Gasteiger partial charge is 0.368 e. The van der Waals surface area contributed by atoms with E-state index in [0.29, 0.717) is 18.7 Å². The normalized spacial score (nSPS) is 18.6. The lowest BCUT2D eigenvalue weighted by Crippen LogP contribution is -2.33. The number of fused-ring (bicyclic) bond motifs is 1. The van der Waals surface area contributed by atoms with Crippen molar-refractivity contribution in [3.05, 3.63) is 36.2 Å². The summed E-state index contributed by atoms with van der Waals surface area (Å²) >= 11 is 0. The summed E-state index contributed by atoms with van der Waals surface area (Å²) in [6.07, 6.45) is -2.08. The Hall–Kier alpha value is -2.29. The topological polar surface area (TPSA) is 39.9 Å². The third kappa shape index (κ3) is 2.84. The molecular formula is C16H14F3N3. The number of hydrogen-bond acceptors (Lipinski definition) is 3. The first-order chi connectivity index (χ1) is 10.5. The highest BCUT2D eigenvalue weighted by molar-refractivity contribution is 5.89. The summed E-state index contributed by atoms with van der Waals surface area (Å²) in [6, 6.07) is 8.67. The highest BCUT2D eigenvalue weighted by Gasteiger charge is 2.37. The summed E-state index contributed by atoms with van der Waals surface area (Å²) in [5.74, 6) is 0. The van der Waals surface area contributed by atoms with Crippen LogP contribution in [0.4, 0.5) is 18.9 Å². The molecule has 0 unspecified atom stereocenters. The summed E-state index contributed by atoms with van der Waals surface area (Å²) in [7, 11) is 0. The zero-order valence-electron chi connectivity index (χ0n) is 11.8. The first-order valence-electron chi connectivity index (χ1n) is 7.10. The molecule has 1 aliphatic heterocycles. The van der Waals surface area contributed by atoms with Crippen LogP contribution in [0.2, 0.25) is 0 Å². The van der Waals surface area contributed by atoms with Crippen LogP contribution >= 0.6 is 0 Å². The number of anilines is 1. The molecule has 1 fully saturated rings. The van der Waals surface area contributed by atoms with Gasteiger partial charge in [0, 0.05) is 29.9 Å². The highest BCUT2D eigenvalue weighted by atomic mass is 19.4. The summed E-state index contributed by atoms with van der Waals surface area (Å²) < 4.78 is 38.0. The molecule has 0 N–H and O–H groups in total. The van der Waals surface area contributed by atoms with Crippen LogP contribution in [0, 0.1) is 11.3 Å². The van der Waals surface area contributed by atoms with Crippen molar-refractivity contribution in [1.29, 1.82) is 5.26 Å². The van der Waals surface area contributed by atoms with Crippen LogP contribution in [-0.2, 0) is 0 Å². The number of halogens is 3. The van der Waals surface area contributed by atoms with E-state index in [1.807, 2.05) is 17.0 Å². The molecule has 2 heterocycles. The molecule has 3 rings (SSSR count). The molecule has 0 bridgehead atoms. The molecule has 0 amide bonds. The van der Waals surface area contributed by atoms with Crippen LogP contribution in [0.3, 0.4) is 0 Å². The van der Waals surface area contributed by atoms with E-state index in [0.717, 1.165) is 22.9 Å². The van der Waals surface area contributed by atoms with Crippen LogP contribution in [0.25, 0.3) is 10.8 Å². The highest BCUT2D eigenvalue weighted by Crippen LogP contribution is 2.34. The summed E-state index contributed by atoms with van der Waals surface area (Å²) in [6.45, 7) is 0.627. The minimum atomic E-state index is -4.15. The van der Waals surface area contributed by atoms with Crippen molar-refractivity contribution in [3.8, 4) is 6.07 Å². The van der Waals surface area contributed by atoms with Gasteiger partial charge >= 0.3 is 6.18 Å². The average Bonchev–Trinajstić information content (AvgIpc) is 2.92. The van der Waals surface area contributed by atoms with Crippen LogP contribution in [-0.4, -0.2) is 23.7 Å². The molecule has 0 aliphatic carbocycles. The van der Waals surface area contributed by atoms with Crippen molar-refractivity contribution in [3.63, 3.8) is 0 Å². The van der Waals surface area contributed by atoms with Crippen LogP contribution in [0.5, 0.6) is 0 Å². The first kappa shape index (κ1) is 14.6. The Labute approximate surface area is 126 Å². The second kappa shape index (κ2) is 5.48. The molecule has 0 spiro atoms. The van der Waals surface area contributed by atoms with E-state index in [-0.39, 0.29) is 0 Å². The minimum absolute atomic E-state index is 0.331. The predicted molar refractivity (Wildman–Crippen MR) is 77.5 cm³/mol. The maximum atomic E-state index is 12.7. The molecule has 0 saturated carbocycles. The van der Waals surface area contributed by atoms with Gasteiger partial charge in [0.25, 0.3) is 0 Å². The molecule has 1 saturated heterocycles. The zero-order chi connectivity index (χ0) is 15.7. The molecular weight excluding hydrogens is 291 g/mol. The van der Waals surface area contributed by atoms with Gasteiger partial charge in [-0.25, -0.2) is 4.98 Å². The molecule has 1 aromatic heterocycles. The lowest BCUT2D eigenvalue weighted by Gasteiger charge is -2.28. The van der Waals surface area contributed by atoms with Gasteiger partial charge in [-0.05, 0) is 42.5 Å². The van der Waals surface area contributed by atoms with E-state index in [4.69, 9.17) is 5.26 Å². The van der Waals surface area contributed by atoms with Crippen LogP contribution in [0.1, 0.15) is 25.0 Å². The van der Waals surface area contributed by atoms with Gasteiger partial charge in [-0.3, -0.25) is 0 Å². The number of hydrogen-bond donors (Lipinski definition) is 0. The number of benzene rings is 1. The Bertz CT molecular complexity index is 733. The van der Waals surface area contributed by atoms with Gasteiger partial charge < -0.3 is 4.90 Å². The molecule has 22 heavy (non-hydrogen) atoms. The van der Waals surface area contributed by atoms with Crippen molar-refractivity contribution in [1.82, 2.24) is 4.98 Å². The Morgan fingerprint density at radius 2 is 2.14 bits per heavy atom. The van der Waals surface area contributed by atoms with E-state index >= 15 is 0 Å². The van der Waals surface area contributed by atoms with E-state index in [1.54, 1.807) is 24.4 Å². The first-order valence-corrected chi connectivity index (χ1v) is 7.10. The van der Waals surface area contributed by atoms with E-state index in [2.05, 4.69) is 4.98 Å².